The van der Waals surface area contributed by atoms with Gasteiger partial charge in [0.25, 0.3) is 5.78 Å². The molecule has 1 fully saturated rings. The quantitative estimate of drug-likeness (QED) is 0.168. The van der Waals surface area contributed by atoms with Crippen LogP contribution in [-0.2, 0) is 9.59 Å². The molecule has 2 N–H and O–H groups in total. The third kappa shape index (κ3) is 3.97. The third-order valence-corrected chi connectivity index (χ3v) is 6.90. The number of amides is 1. The molecule has 2 heterocycles. The van der Waals surface area contributed by atoms with Crippen molar-refractivity contribution in [2.75, 3.05) is 18.6 Å². The minimum absolute atomic E-state index is 0.0376. The Morgan fingerprint density at radius 2 is 1.74 bits per heavy atom. The monoisotopic (exact) mass is 519 g/mol. The lowest BCUT2D eigenvalue weighted by Crippen LogP contribution is -2.30. The summed E-state index contributed by atoms with van der Waals surface area (Å²) in [6, 6.07) is 24.6. The number of carbonyl (C=O) groups excluding carboxylic acids is 2. The number of rotatable bonds is 6. The minimum atomic E-state index is -0.977. The van der Waals surface area contributed by atoms with E-state index in [4.69, 9.17) is 9.47 Å². The number of hydrogen-bond donors (Lipinski definition) is 2. The van der Waals surface area contributed by atoms with Gasteiger partial charge in [-0.2, -0.15) is 0 Å². The molecule has 8 nitrogen and oxygen atoms in total. The van der Waals surface area contributed by atoms with E-state index in [2.05, 4.69) is 9.97 Å². The lowest BCUT2D eigenvalue weighted by Gasteiger charge is -2.24. The van der Waals surface area contributed by atoms with Crippen LogP contribution in [0.4, 0.5) is 5.95 Å². The number of methoxy groups -OCH3 is 1. The number of ketones is 1. The van der Waals surface area contributed by atoms with Crippen LogP contribution in [0.3, 0.4) is 0 Å². The first-order valence-electron chi connectivity index (χ1n) is 12.6. The van der Waals surface area contributed by atoms with Crippen LogP contribution >= 0.6 is 0 Å². The highest BCUT2D eigenvalue weighted by molar-refractivity contribution is 6.51. The molecule has 6 rings (SSSR count). The van der Waals surface area contributed by atoms with Crippen molar-refractivity contribution in [1.82, 2.24) is 9.97 Å². The average Bonchev–Trinajstić information content (AvgIpc) is 3.50. The Morgan fingerprint density at radius 3 is 2.54 bits per heavy atom. The summed E-state index contributed by atoms with van der Waals surface area (Å²) in [5.74, 6) is -0.695. The van der Waals surface area contributed by atoms with Gasteiger partial charge < -0.3 is 19.6 Å². The van der Waals surface area contributed by atoms with E-state index in [1.807, 2.05) is 67.6 Å². The molecule has 0 saturated carbocycles. The number of imidazole rings is 1. The molecule has 194 valence electrons. The first kappa shape index (κ1) is 24.2. The van der Waals surface area contributed by atoms with Gasteiger partial charge >= 0.3 is 5.91 Å². The fourth-order valence-electron chi connectivity index (χ4n) is 5.13. The molecule has 1 aromatic heterocycles. The van der Waals surface area contributed by atoms with Crippen LogP contribution in [0.25, 0.3) is 27.6 Å². The van der Waals surface area contributed by atoms with Gasteiger partial charge in [0.1, 0.15) is 5.76 Å². The normalized spacial score (nSPS) is 16.8. The topological polar surface area (TPSA) is 105 Å². The Bertz CT molecular complexity index is 1750. The summed E-state index contributed by atoms with van der Waals surface area (Å²) in [5, 5.41) is 13.4. The molecule has 1 aliphatic heterocycles. The summed E-state index contributed by atoms with van der Waals surface area (Å²) in [4.78, 5) is 36.4. The molecule has 8 heteroatoms. The maximum atomic E-state index is 13.7. The number of anilines is 1. The van der Waals surface area contributed by atoms with Crippen molar-refractivity contribution in [2.45, 2.75) is 13.0 Å². The van der Waals surface area contributed by atoms with Crippen LogP contribution in [0.5, 0.6) is 11.5 Å². The molecule has 0 spiro atoms. The number of aliphatic hydroxyl groups excluding tert-OH is 1. The van der Waals surface area contributed by atoms with Crippen LogP contribution in [0.2, 0.25) is 0 Å². The predicted molar refractivity (Wildman–Crippen MR) is 149 cm³/mol. The number of H-pyrrole nitrogens is 1. The summed E-state index contributed by atoms with van der Waals surface area (Å²) < 4.78 is 11.2. The number of hydrogen-bond acceptors (Lipinski definition) is 6. The van der Waals surface area contributed by atoms with Gasteiger partial charge in [0.15, 0.2) is 11.5 Å². The van der Waals surface area contributed by atoms with Gasteiger partial charge in [-0.1, -0.05) is 60.7 Å². The fourth-order valence-corrected chi connectivity index (χ4v) is 5.13. The van der Waals surface area contributed by atoms with E-state index < -0.39 is 17.7 Å². The lowest BCUT2D eigenvalue weighted by atomic mass is 9.93. The highest BCUT2D eigenvalue weighted by atomic mass is 16.5. The van der Waals surface area contributed by atoms with Crippen molar-refractivity contribution >= 4 is 45.2 Å². The second-order valence-corrected chi connectivity index (χ2v) is 9.12. The van der Waals surface area contributed by atoms with Gasteiger partial charge in [-0.25, -0.2) is 4.98 Å². The molecule has 1 aliphatic rings. The van der Waals surface area contributed by atoms with E-state index in [1.54, 1.807) is 31.4 Å². The number of Topliss-reactive ketones (excluding diaryl/α,β-unsaturated/α-hetero) is 1. The Hall–Kier alpha value is -5.11. The van der Waals surface area contributed by atoms with Gasteiger partial charge in [-0.3, -0.25) is 14.5 Å². The van der Waals surface area contributed by atoms with E-state index in [9.17, 15) is 14.7 Å². The van der Waals surface area contributed by atoms with Gasteiger partial charge in [-0.15, -0.1) is 0 Å². The van der Waals surface area contributed by atoms with Crippen molar-refractivity contribution in [2.24, 2.45) is 0 Å². The van der Waals surface area contributed by atoms with Gasteiger partial charge in [0.2, 0.25) is 5.95 Å². The van der Waals surface area contributed by atoms with E-state index >= 15 is 0 Å². The van der Waals surface area contributed by atoms with Crippen LogP contribution in [0.1, 0.15) is 24.1 Å². The predicted octanol–water partition coefficient (Wildman–Crippen LogP) is 5.75. The van der Waals surface area contributed by atoms with E-state index in [1.165, 1.54) is 4.90 Å². The minimum Gasteiger partial charge on any atom is -0.507 e. The maximum Gasteiger partial charge on any atom is 0.302 e. The van der Waals surface area contributed by atoms with Gasteiger partial charge in [0, 0.05) is 5.56 Å². The number of nitrogens with one attached hydrogen (secondary N) is 1. The van der Waals surface area contributed by atoms with E-state index in [-0.39, 0.29) is 17.3 Å². The zero-order valence-corrected chi connectivity index (χ0v) is 21.3. The van der Waals surface area contributed by atoms with Crippen LogP contribution in [-0.4, -0.2) is 40.5 Å². The molecule has 4 aromatic carbocycles. The number of aromatic nitrogens is 2. The van der Waals surface area contributed by atoms with E-state index in [0.717, 1.165) is 10.8 Å². The highest BCUT2D eigenvalue weighted by Crippen LogP contribution is 2.44. The SMILES string of the molecule is CCOc1cc(C2/C(=C(\O)c3cccc4ccccc34)C(=O)C(=O)N2c2nc3ccccc3[nH]2)ccc1OC. The van der Waals surface area contributed by atoms with Crippen molar-refractivity contribution in [1.29, 1.82) is 0 Å². The van der Waals surface area contributed by atoms with Crippen molar-refractivity contribution in [3.05, 3.63) is 102 Å². The van der Waals surface area contributed by atoms with Gasteiger partial charge in [-0.05, 0) is 47.5 Å². The Balaban J connectivity index is 1.61. The lowest BCUT2D eigenvalue weighted by molar-refractivity contribution is -0.132. The van der Waals surface area contributed by atoms with Crippen LogP contribution in [0.15, 0.2) is 90.5 Å². The van der Waals surface area contributed by atoms with Crippen LogP contribution < -0.4 is 14.4 Å². The average molecular weight is 520 g/mol. The molecule has 0 aliphatic carbocycles. The molecule has 1 saturated heterocycles. The smallest absolute Gasteiger partial charge is 0.302 e. The molecular formula is C31H25N3O5. The van der Waals surface area contributed by atoms with E-state index in [0.29, 0.717) is 40.3 Å². The third-order valence-electron chi connectivity index (χ3n) is 6.90. The Kier molecular flexibility index (Phi) is 5.99. The summed E-state index contributed by atoms with van der Waals surface area (Å²) in [6.45, 7) is 2.24. The number of benzene rings is 4. The molecule has 5 aromatic rings. The molecule has 1 amide bonds. The Morgan fingerprint density at radius 1 is 0.974 bits per heavy atom. The van der Waals surface area contributed by atoms with Crippen LogP contribution in [0, 0.1) is 0 Å². The zero-order chi connectivity index (χ0) is 27.1. The number of ether oxygens (including phenoxy) is 2. The first-order valence-corrected chi connectivity index (χ1v) is 12.6. The first-order chi connectivity index (χ1) is 19.0. The number of fused-ring (bicyclic) bond motifs is 2. The molecule has 0 radical (unpaired) electrons. The van der Waals surface area contributed by atoms with Gasteiger partial charge in [0.05, 0.1) is 36.4 Å². The van der Waals surface area contributed by atoms with Crippen molar-refractivity contribution in [3.63, 3.8) is 0 Å². The second-order valence-electron chi connectivity index (χ2n) is 9.12. The molecule has 1 atom stereocenters. The summed E-state index contributed by atoms with van der Waals surface area (Å²) in [6.07, 6.45) is 0. The Labute approximate surface area is 224 Å². The molecular weight excluding hydrogens is 494 g/mol. The number of aliphatic hydroxyl groups is 1. The standard InChI is InChI=1S/C31H25N3O5/c1-3-39-25-17-19(15-16-24(25)38-2)27-26(28(35)21-12-8-10-18-9-4-5-11-20(18)21)29(36)30(37)34(27)31-32-22-13-6-7-14-23(22)33-31/h4-17,27,35H,3H2,1-2H3,(H,32,33)/b28-26+. The second kappa shape index (κ2) is 9.64. The molecule has 0 bridgehead atoms. The summed E-state index contributed by atoms with van der Waals surface area (Å²) in [7, 11) is 1.54. The highest BCUT2D eigenvalue weighted by Gasteiger charge is 2.48. The number of nitrogens with zero attached hydrogens (tertiary/aromatic N) is 2. The summed E-state index contributed by atoms with van der Waals surface area (Å²) in [5.41, 5.74) is 2.34. The van der Waals surface area contributed by atoms with Crippen molar-refractivity contribution in [3.8, 4) is 11.5 Å². The number of carbonyl (C=O) groups is 2. The molecule has 39 heavy (non-hydrogen) atoms. The largest absolute Gasteiger partial charge is 0.507 e. The van der Waals surface area contributed by atoms with Crippen molar-refractivity contribution < 1.29 is 24.2 Å². The fraction of sp³-hybridized carbons (Fsp3) is 0.129. The zero-order valence-electron chi connectivity index (χ0n) is 21.3. The maximum absolute atomic E-state index is 13.7. The number of aromatic amines is 1. The summed E-state index contributed by atoms with van der Waals surface area (Å²) >= 11 is 0. The molecule has 1 unspecified atom stereocenters. The number of para-hydroxylation sites is 2.